The third-order valence-electron chi connectivity index (χ3n) is 24.6. The van der Waals surface area contributed by atoms with Crippen LogP contribution in [-0.4, -0.2) is 48.3 Å². The molecule has 0 spiro atoms. The molecule has 0 N–H and O–H groups in total. The van der Waals surface area contributed by atoms with Crippen LogP contribution >= 0.6 is 0 Å². The van der Waals surface area contributed by atoms with Crippen molar-refractivity contribution in [1.82, 2.24) is 48.3 Å². The summed E-state index contributed by atoms with van der Waals surface area (Å²) < 4.78 is 421. The minimum absolute atomic E-state index is 0.0309. The van der Waals surface area contributed by atoms with Gasteiger partial charge in [0.25, 0.3) is 29.1 Å². The van der Waals surface area contributed by atoms with E-state index in [0.717, 1.165) is 18.1 Å². The summed E-state index contributed by atoms with van der Waals surface area (Å²) >= 11 is 0. The Morgan fingerprint density at radius 1 is 0.244 bits per heavy atom. The average molecular weight is 1640 g/mol. The van der Waals surface area contributed by atoms with Crippen molar-refractivity contribution in [3.8, 4) is 62.6 Å². The lowest BCUT2D eigenvalue weighted by Crippen LogP contribution is -2.51. The topological polar surface area (TPSA) is 108 Å². The summed E-state index contributed by atoms with van der Waals surface area (Å²) in [6.45, 7) is -26.1. The fourth-order valence-electron chi connectivity index (χ4n) is 17.1. The number of hydrogen-bond donors (Lipinski definition) is 0. The van der Waals surface area contributed by atoms with Crippen molar-refractivity contribution >= 4 is 0 Å². The summed E-state index contributed by atoms with van der Waals surface area (Å²) in [7, 11) is 8.38. The maximum absolute atomic E-state index is 8.60. The van der Waals surface area contributed by atoms with E-state index in [0.29, 0.717) is 96.1 Å². The first-order valence-corrected chi connectivity index (χ1v) is 38.9. The molecule has 0 bridgehead atoms. The van der Waals surface area contributed by atoms with Gasteiger partial charge in [0.15, 0.2) is 0 Å². The molecule has 0 radical (unpaired) electrons. The van der Waals surface area contributed by atoms with E-state index in [1.807, 2.05) is 50.2 Å². The van der Waals surface area contributed by atoms with Crippen LogP contribution in [0.4, 0.5) is 0 Å². The molecule has 0 saturated carbocycles. The van der Waals surface area contributed by atoms with Gasteiger partial charge in [0.2, 0.25) is 0 Å². The predicted molar refractivity (Wildman–Crippen MR) is 482 cm³/mol. The van der Waals surface area contributed by atoms with E-state index < -0.39 is 164 Å². The van der Waals surface area contributed by atoms with Crippen LogP contribution in [0.25, 0.3) is 62.6 Å². The zero-order valence-electron chi connectivity index (χ0n) is 119. The molecule has 0 saturated heterocycles. The van der Waals surface area contributed by atoms with Gasteiger partial charge < -0.3 is 0 Å². The standard InChI is InChI=1S/2C24H30N3.C22H26N3.2C17H24N3/c2*1-15-12-16(2)14-18(13-15)21-25-22-24(6,7)23(4,5)19-11-9-10-17(3)20(19)27(22)26(21)8;1-15-11-10-14-17-18(15)25-20(22(4,5)21(17,2)3)23-19(24(25)6)16-12-8-7-9-13-16;2*1-11-9-8-10-13-14(11)20-15(18-12(2)19(20)7)17(5,6)16(13,3)4/h2*9-14H,1-8H3;7-14H,1-6H3;2*8-10H,1-7H3/q5*+1/i1D3,4D3,5D3,6D3;4D3,5D3,6D3;2D3,3D3,4D3;2*3D3,4D3,5D3. The predicted octanol–water partition coefficient (Wildman–Crippen LogP) is 19.7. The lowest BCUT2D eigenvalue weighted by Gasteiger charge is -2.44. The molecule has 5 aliphatic heterocycles. The molecule has 0 fully saturated rings. The van der Waals surface area contributed by atoms with Crippen LogP contribution < -0.4 is 23.4 Å². The molecule has 15 nitrogen and oxygen atoms in total. The lowest BCUT2D eigenvalue weighted by atomic mass is 9.61. The van der Waals surface area contributed by atoms with E-state index >= 15 is 0 Å². The Hall–Kier alpha value is -10.5. The van der Waals surface area contributed by atoms with Crippen molar-refractivity contribution in [2.75, 3.05) is 0 Å². The normalized spacial score (nSPS) is 29.1. The average Bonchev–Trinajstić information content (AvgIpc) is 1.54. The zero-order valence-corrected chi connectivity index (χ0v) is 70.7. The molecule has 5 aromatic heterocycles. The van der Waals surface area contributed by atoms with Gasteiger partial charge in [-0.3, -0.25) is 0 Å². The van der Waals surface area contributed by atoms with Gasteiger partial charge >= 0.3 is 29.1 Å². The molecular formula is C104H134N15+5. The highest BCUT2D eigenvalue weighted by molar-refractivity contribution is 5.64. The molecule has 119 heavy (non-hydrogen) atoms. The smallest absolute Gasteiger partial charge is 0.152 e. The molecule has 13 aromatic rings. The number of para-hydroxylation sites is 5. The van der Waals surface area contributed by atoms with Crippen molar-refractivity contribution in [2.45, 2.75) is 268 Å². The van der Waals surface area contributed by atoms with Crippen LogP contribution in [0.5, 0.6) is 0 Å². The first kappa shape index (κ1) is 43.6. The van der Waals surface area contributed by atoms with Crippen LogP contribution in [0.15, 0.2) is 158 Å². The van der Waals surface area contributed by atoms with E-state index in [1.165, 1.54) is 85.6 Å². The number of aryl methyl sites for hydroxylation is 11. The Morgan fingerprint density at radius 2 is 0.471 bits per heavy atom. The van der Waals surface area contributed by atoms with Gasteiger partial charge in [0.05, 0.1) is 72.2 Å². The molecule has 0 aliphatic carbocycles. The first-order valence-electron chi connectivity index (χ1n) is 62.9. The van der Waals surface area contributed by atoms with Gasteiger partial charge in [0.1, 0.15) is 35.2 Å². The summed E-state index contributed by atoms with van der Waals surface area (Å²) in [6.07, 6.45) is 0. The first-order chi connectivity index (χ1) is 75.2. The minimum Gasteiger partial charge on any atom is -0.152 e. The molecule has 18 rings (SSSR count). The van der Waals surface area contributed by atoms with Crippen LogP contribution in [0.2, 0.25) is 0 Å². The van der Waals surface area contributed by atoms with Crippen LogP contribution in [0.3, 0.4) is 0 Å². The van der Waals surface area contributed by atoms with E-state index in [2.05, 4.69) is 19.9 Å². The Labute approximate surface area is 778 Å². The number of aromatic nitrogens is 15. The Morgan fingerprint density at radius 3 is 0.723 bits per heavy atom. The third-order valence-corrected chi connectivity index (χ3v) is 24.6. The molecular weight excluding hydrogens is 1460 g/mol. The van der Waals surface area contributed by atoms with E-state index in [-0.39, 0.29) is 74.0 Å². The molecule has 0 amide bonds. The number of nitrogens with zero attached hydrogens (tertiary/aromatic N) is 15. The summed E-state index contributed by atoms with van der Waals surface area (Å²) in [6, 6.07) is 43.0. The molecule has 10 heterocycles. The maximum Gasteiger partial charge on any atom is 0.351 e. The highest BCUT2D eigenvalue weighted by atomic mass is 15.5. The van der Waals surface area contributed by atoms with Crippen LogP contribution in [0.1, 0.15) is 322 Å². The molecule has 620 valence electrons. The highest BCUT2D eigenvalue weighted by Crippen LogP contribution is 2.55. The second-order valence-corrected chi connectivity index (χ2v) is 33.5. The SMILES string of the molecule is [2H]C([2H])([2H])C1(C)c2nc(-c3cc(C)cc(C)c3)[n+](C)n2-c2c(C)cccc2C1(C([2H])([2H])[2H])C([2H])([2H])[2H].[2H]C([2H])([2H])C1(C)c2nc(-c3ccccc3)[n+](C)n2-c2c(C)cccc2C1(C([2H])([2H])[2H])C([2H])([2H])[2H].[2H]C([2H])([2H])C1(C)c2nc(C)[n+](C)n2-c2c(C)cccc2C1(C([2H])([2H])[2H])C([2H])([2H])[2H].[2H]C([2H])([2H])C1(C)c2nc(C)[n+](C)n2-c2c(C)cccc2C1(C([2H])([2H])[2H])C([2H])([2H])[2H].[2H]C([2H])([2H])c1cc(C)cc(-c2nc3n([n+]2C)-c2c(C)cccc2C(C([2H])([2H])[2H])(C([2H])([2H])[2H])C3(C)C([2H])([2H])[2H])c1. The quantitative estimate of drug-likeness (QED) is 0.164. The molecule has 15 heteroatoms. The Kier molecular flexibility index (Phi) is 10.5. The van der Waals surface area contributed by atoms with E-state index in [9.17, 15) is 0 Å². The molecule has 8 aromatic carbocycles. The maximum atomic E-state index is 8.60. The second-order valence-electron chi connectivity index (χ2n) is 33.5. The summed E-state index contributed by atoms with van der Waals surface area (Å²) in [5.74, 6) is 1.17. The molecule has 5 unspecified atom stereocenters. The molecule has 5 atom stereocenters. The zero-order chi connectivity index (χ0) is 127. The van der Waals surface area contributed by atoms with Gasteiger partial charge in [-0.15, -0.1) is 37.5 Å². The number of benzene rings is 8. The van der Waals surface area contributed by atoms with Crippen molar-refractivity contribution in [2.24, 2.45) is 35.2 Å². The van der Waals surface area contributed by atoms with E-state index in [4.69, 9.17) is 70.8 Å². The molecule has 5 aliphatic rings. The van der Waals surface area contributed by atoms with Gasteiger partial charge in [-0.05, 0) is 270 Å². The van der Waals surface area contributed by atoms with Gasteiger partial charge in [-0.1, -0.05) is 190 Å². The highest BCUT2D eigenvalue weighted by Gasteiger charge is 2.59. The van der Waals surface area contributed by atoms with Gasteiger partial charge in [0, 0.05) is 107 Å². The van der Waals surface area contributed by atoms with Crippen LogP contribution in [0, 0.1) is 76.1 Å². The van der Waals surface area contributed by atoms with E-state index in [1.54, 1.807) is 201 Å². The third kappa shape index (κ3) is 12.6. The van der Waals surface area contributed by atoms with Crippen molar-refractivity contribution in [3.63, 3.8) is 0 Å². The Balaban J connectivity index is 0.000000162. The second kappa shape index (κ2) is 28.6. The van der Waals surface area contributed by atoms with Crippen LogP contribution in [-0.2, 0) is 89.4 Å². The lowest BCUT2D eigenvalue weighted by molar-refractivity contribution is -0.751. The van der Waals surface area contributed by atoms with Gasteiger partial charge in [-0.2, -0.15) is 9.36 Å². The van der Waals surface area contributed by atoms with Crippen molar-refractivity contribution in [1.29, 1.82) is 0 Å². The fourth-order valence-corrected chi connectivity index (χ4v) is 17.1. The fraction of sp³-hybridized carbons (Fsp3) is 0.442. The summed E-state index contributed by atoms with van der Waals surface area (Å²) in [5, 5.41) is 0. The number of fused-ring (bicyclic) bond motifs is 15. The monoisotopic (exact) mass is 1640 g/mol. The summed E-state index contributed by atoms with van der Waals surface area (Å²) in [5.41, 5.74) is -17.0. The summed E-state index contributed by atoms with van der Waals surface area (Å²) in [4.78, 5) is 22.9. The Bertz CT molecular complexity index is 7970. The largest absolute Gasteiger partial charge is 0.351 e. The minimum atomic E-state index is -3.29. The number of rotatable bonds is 3. The van der Waals surface area contributed by atoms with Crippen molar-refractivity contribution in [3.05, 3.63) is 276 Å². The van der Waals surface area contributed by atoms with Crippen molar-refractivity contribution < 1.29 is 89.2 Å². The number of hydrogen-bond acceptors (Lipinski definition) is 5. The van der Waals surface area contributed by atoms with Gasteiger partial charge in [-0.25, -0.2) is 0 Å².